The molecule has 2 aromatic heterocycles. The standard InChI is InChI=1S/C28H32N6O3/c1-35-23-8-5-9-24(18-23)37-28-31-26(25-27(32-28)34(19-29-25)22-6-3-2-4-7-22)30-20-10-12-21(13-11-20)33-14-16-36-17-15-33/h5,8-13,18-19,22H,2-4,6-7,14-17H2,1H3,(H,30,31,32). The number of nitrogens with zero attached hydrogens (tertiary/aromatic N) is 5. The van der Waals surface area contributed by atoms with E-state index >= 15 is 0 Å². The molecule has 1 saturated heterocycles. The molecular weight excluding hydrogens is 468 g/mol. The number of benzene rings is 2. The lowest BCUT2D eigenvalue weighted by molar-refractivity contribution is 0.122. The Morgan fingerprint density at radius 1 is 0.946 bits per heavy atom. The summed E-state index contributed by atoms with van der Waals surface area (Å²) < 4.78 is 19.1. The van der Waals surface area contributed by atoms with Crippen molar-refractivity contribution in [1.82, 2.24) is 19.5 Å². The van der Waals surface area contributed by atoms with Crippen LogP contribution in [0.1, 0.15) is 38.1 Å². The van der Waals surface area contributed by atoms with Gasteiger partial charge in [-0.3, -0.25) is 0 Å². The molecule has 1 N–H and O–H groups in total. The fourth-order valence-electron chi connectivity index (χ4n) is 5.14. The van der Waals surface area contributed by atoms with Gasteiger partial charge in [0, 0.05) is 36.6 Å². The van der Waals surface area contributed by atoms with Gasteiger partial charge in [-0.15, -0.1) is 0 Å². The first kappa shape index (κ1) is 23.5. The Morgan fingerprint density at radius 2 is 1.73 bits per heavy atom. The molecule has 9 nitrogen and oxygen atoms in total. The van der Waals surface area contributed by atoms with E-state index in [1.54, 1.807) is 7.11 Å². The fraction of sp³-hybridized carbons (Fsp3) is 0.393. The first-order chi connectivity index (χ1) is 18.3. The highest BCUT2D eigenvalue weighted by Gasteiger charge is 2.22. The Kier molecular flexibility index (Phi) is 6.77. The molecule has 1 aliphatic carbocycles. The number of aromatic nitrogens is 4. The van der Waals surface area contributed by atoms with E-state index in [1.807, 2.05) is 30.6 Å². The van der Waals surface area contributed by atoms with Crippen LogP contribution < -0.4 is 19.7 Å². The van der Waals surface area contributed by atoms with Gasteiger partial charge in [-0.05, 0) is 49.2 Å². The molecule has 37 heavy (non-hydrogen) atoms. The zero-order valence-electron chi connectivity index (χ0n) is 21.1. The van der Waals surface area contributed by atoms with Crippen LogP contribution in [0.4, 0.5) is 17.2 Å². The maximum Gasteiger partial charge on any atom is 0.326 e. The molecule has 2 aliphatic rings. The summed E-state index contributed by atoms with van der Waals surface area (Å²) in [6.45, 7) is 3.34. The summed E-state index contributed by atoms with van der Waals surface area (Å²) in [5, 5.41) is 3.47. The Hall–Kier alpha value is -3.85. The van der Waals surface area contributed by atoms with Crippen molar-refractivity contribution in [2.45, 2.75) is 38.1 Å². The van der Waals surface area contributed by atoms with Crippen LogP contribution in [-0.4, -0.2) is 52.9 Å². The summed E-state index contributed by atoms with van der Waals surface area (Å²) in [5.74, 6) is 1.95. The molecule has 9 heteroatoms. The molecule has 192 valence electrons. The third-order valence-corrected chi connectivity index (χ3v) is 7.13. The molecule has 1 aliphatic heterocycles. The van der Waals surface area contributed by atoms with Gasteiger partial charge in [-0.25, -0.2) is 4.98 Å². The second kappa shape index (κ2) is 10.6. The highest BCUT2D eigenvalue weighted by molar-refractivity contribution is 5.86. The minimum atomic E-state index is 0.269. The van der Waals surface area contributed by atoms with Crippen molar-refractivity contribution in [2.75, 3.05) is 43.6 Å². The number of ether oxygens (including phenoxy) is 3. The fourth-order valence-corrected chi connectivity index (χ4v) is 5.14. The minimum Gasteiger partial charge on any atom is -0.497 e. The van der Waals surface area contributed by atoms with Crippen LogP contribution in [0.5, 0.6) is 17.5 Å². The van der Waals surface area contributed by atoms with Crippen LogP contribution in [0, 0.1) is 0 Å². The molecule has 0 radical (unpaired) electrons. The average Bonchev–Trinajstić information content (AvgIpc) is 3.39. The first-order valence-electron chi connectivity index (χ1n) is 13.0. The molecular formula is C28H32N6O3. The summed E-state index contributed by atoms with van der Waals surface area (Å²) >= 11 is 0. The van der Waals surface area contributed by atoms with Crippen LogP contribution in [0.2, 0.25) is 0 Å². The van der Waals surface area contributed by atoms with Crippen LogP contribution in [0.25, 0.3) is 11.2 Å². The van der Waals surface area contributed by atoms with E-state index in [4.69, 9.17) is 29.2 Å². The van der Waals surface area contributed by atoms with E-state index in [-0.39, 0.29) is 6.01 Å². The highest BCUT2D eigenvalue weighted by atomic mass is 16.5. The molecule has 1 saturated carbocycles. The Labute approximate surface area is 216 Å². The molecule has 6 rings (SSSR count). The molecule has 0 amide bonds. The van der Waals surface area contributed by atoms with Gasteiger partial charge in [0.25, 0.3) is 0 Å². The Morgan fingerprint density at radius 3 is 2.51 bits per heavy atom. The lowest BCUT2D eigenvalue weighted by Crippen LogP contribution is -2.36. The number of fused-ring (bicyclic) bond motifs is 1. The number of anilines is 3. The van der Waals surface area contributed by atoms with E-state index < -0.39 is 0 Å². The van der Waals surface area contributed by atoms with E-state index in [9.17, 15) is 0 Å². The van der Waals surface area contributed by atoms with Crippen molar-refractivity contribution in [2.24, 2.45) is 0 Å². The Bertz CT molecular complexity index is 1340. The number of nitrogens with one attached hydrogen (secondary N) is 1. The van der Waals surface area contributed by atoms with Gasteiger partial charge in [-0.2, -0.15) is 9.97 Å². The molecule has 0 unspecified atom stereocenters. The van der Waals surface area contributed by atoms with E-state index in [0.717, 1.165) is 56.0 Å². The van der Waals surface area contributed by atoms with Crippen LogP contribution in [0.15, 0.2) is 54.9 Å². The zero-order valence-corrected chi connectivity index (χ0v) is 21.1. The topological polar surface area (TPSA) is 86.6 Å². The molecule has 3 heterocycles. The molecule has 0 atom stereocenters. The minimum absolute atomic E-state index is 0.269. The first-order valence-corrected chi connectivity index (χ1v) is 13.0. The van der Waals surface area contributed by atoms with Crippen molar-refractivity contribution in [3.8, 4) is 17.5 Å². The normalized spacial score (nSPS) is 16.6. The molecule has 0 spiro atoms. The third kappa shape index (κ3) is 5.17. The second-order valence-electron chi connectivity index (χ2n) is 9.52. The largest absolute Gasteiger partial charge is 0.497 e. The van der Waals surface area contributed by atoms with Gasteiger partial charge >= 0.3 is 6.01 Å². The maximum absolute atomic E-state index is 6.12. The monoisotopic (exact) mass is 500 g/mol. The summed E-state index contributed by atoms with van der Waals surface area (Å²) in [4.78, 5) is 16.6. The van der Waals surface area contributed by atoms with Crippen LogP contribution in [-0.2, 0) is 4.74 Å². The Balaban J connectivity index is 1.33. The van der Waals surface area contributed by atoms with Crippen molar-refractivity contribution < 1.29 is 14.2 Å². The van der Waals surface area contributed by atoms with Crippen molar-refractivity contribution in [3.05, 3.63) is 54.9 Å². The van der Waals surface area contributed by atoms with Crippen LogP contribution >= 0.6 is 0 Å². The van der Waals surface area contributed by atoms with Crippen molar-refractivity contribution >= 4 is 28.4 Å². The summed E-state index contributed by atoms with van der Waals surface area (Å²) in [6.07, 6.45) is 7.90. The molecule has 0 bridgehead atoms. The summed E-state index contributed by atoms with van der Waals surface area (Å²) in [5.41, 5.74) is 3.63. The number of morpholine rings is 1. The van der Waals surface area contributed by atoms with Gasteiger partial charge in [0.1, 0.15) is 11.5 Å². The zero-order chi connectivity index (χ0) is 25.0. The number of rotatable bonds is 7. The number of methoxy groups -OCH3 is 1. The summed E-state index contributed by atoms with van der Waals surface area (Å²) in [7, 11) is 1.64. The average molecular weight is 501 g/mol. The lowest BCUT2D eigenvalue weighted by Gasteiger charge is -2.28. The lowest BCUT2D eigenvalue weighted by atomic mass is 9.95. The maximum atomic E-state index is 6.12. The van der Waals surface area contributed by atoms with E-state index in [1.165, 1.54) is 24.9 Å². The van der Waals surface area contributed by atoms with Crippen molar-refractivity contribution in [3.63, 3.8) is 0 Å². The predicted octanol–water partition coefficient (Wildman–Crippen LogP) is 5.71. The predicted molar refractivity (Wildman–Crippen MR) is 143 cm³/mol. The highest BCUT2D eigenvalue weighted by Crippen LogP contribution is 2.34. The SMILES string of the molecule is COc1cccc(Oc2nc(Nc3ccc(N4CCOCC4)cc3)c3ncn(C4CCCCC4)c3n2)c1. The third-order valence-electron chi connectivity index (χ3n) is 7.13. The van der Waals surface area contributed by atoms with Gasteiger partial charge in [0.05, 0.1) is 26.7 Å². The van der Waals surface area contributed by atoms with E-state index in [0.29, 0.717) is 23.4 Å². The van der Waals surface area contributed by atoms with Gasteiger partial charge in [0.15, 0.2) is 17.0 Å². The van der Waals surface area contributed by atoms with Crippen LogP contribution in [0.3, 0.4) is 0 Å². The molecule has 2 fully saturated rings. The number of imidazole rings is 1. The van der Waals surface area contributed by atoms with Gasteiger partial charge in [0.2, 0.25) is 0 Å². The smallest absolute Gasteiger partial charge is 0.326 e. The molecule has 2 aromatic carbocycles. The van der Waals surface area contributed by atoms with E-state index in [2.05, 4.69) is 39.0 Å². The second-order valence-corrected chi connectivity index (χ2v) is 9.52. The summed E-state index contributed by atoms with van der Waals surface area (Å²) in [6, 6.07) is 16.5. The van der Waals surface area contributed by atoms with Crippen molar-refractivity contribution in [1.29, 1.82) is 0 Å². The van der Waals surface area contributed by atoms with Gasteiger partial charge in [-0.1, -0.05) is 25.3 Å². The van der Waals surface area contributed by atoms with Gasteiger partial charge < -0.3 is 29.0 Å². The number of hydrogen-bond acceptors (Lipinski definition) is 8. The number of hydrogen-bond donors (Lipinski definition) is 1. The molecule has 4 aromatic rings. The quantitative estimate of drug-likeness (QED) is 0.345.